The van der Waals surface area contributed by atoms with Gasteiger partial charge in [-0.3, -0.25) is 0 Å². The van der Waals surface area contributed by atoms with Crippen molar-refractivity contribution in [2.24, 2.45) is 11.8 Å². The number of allylic oxidation sites excluding steroid dienone is 4. The predicted molar refractivity (Wildman–Crippen MR) is 48.3 cm³/mol. The van der Waals surface area contributed by atoms with Gasteiger partial charge in [-0.25, -0.2) is 0 Å². The van der Waals surface area contributed by atoms with Crippen molar-refractivity contribution in [1.29, 1.82) is 0 Å². The molecule has 0 aromatic heterocycles. The highest BCUT2D eigenvalue weighted by atomic mass is 14.4. The highest BCUT2D eigenvalue weighted by molar-refractivity contribution is 5.51. The lowest BCUT2D eigenvalue weighted by molar-refractivity contribution is 0.350. The summed E-state index contributed by atoms with van der Waals surface area (Å²) < 4.78 is 0. The van der Waals surface area contributed by atoms with Gasteiger partial charge in [0.15, 0.2) is 0 Å². The fraction of sp³-hybridized carbons (Fsp3) is 0.636. The van der Waals surface area contributed by atoms with Crippen molar-refractivity contribution in [2.75, 3.05) is 0 Å². The van der Waals surface area contributed by atoms with Crippen LogP contribution in [0, 0.1) is 11.8 Å². The van der Waals surface area contributed by atoms with Gasteiger partial charge in [-0.15, -0.1) is 0 Å². The normalized spacial score (nSPS) is 36.0. The van der Waals surface area contributed by atoms with Gasteiger partial charge in [0.2, 0.25) is 0 Å². The molecule has 2 aliphatic carbocycles. The van der Waals surface area contributed by atoms with E-state index in [2.05, 4.69) is 27.7 Å². The molecule has 0 amide bonds. The van der Waals surface area contributed by atoms with E-state index in [1.807, 2.05) is 0 Å². The molecule has 0 nitrogen and oxygen atoms in total. The molecule has 2 aliphatic rings. The lowest BCUT2D eigenvalue weighted by Gasteiger charge is -2.35. The molecule has 60 valence electrons. The molecule has 0 aromatic carbocycles. The quantitative estimate of drug-likeness (QED) is 0.494. The van der Waals surface area contributed by atoms with Crippen LogP contribution in [0.5, 0.6) is 0 Å². The van der Waals surface area contributed by atoms with Crippen LogP contribution in [0.25, 0.3) is 0 Å². The molecular formula is C11H16. The minimum atomic E-state index is 0.843. The van der Waals surface area contributed by atoms with Crippen LogP contribution < -0.4 is 0 Å². The van der Waals surface area contributed by atoms with Crippen LogP contribution in [-0.2, 0) is 0 Å². The number of hydrogen-bond donors (Lipinski definition) is 0. The van der Waals surface area contributed by atoms with Gasteiger partial charge in [-0.2, -0.15) is 0 Å². The molecule has 0 spiro atoms. The summed E-state index contributed by atoms with van der Waals surface area (Å²) >= 11 is 0. The maximum atomic E-state index is 2.36. The Labute approximate surface area is 69.0 Å². The molecule has 0 bridgehead atoms. The second-order valence-electron chi connectivity index (χ2n) is 4.12. The summed E-state index contributed by atoms with van der Waals surface area (Å²) in [4.78, 5) is 0. The minimum Gasteiger partial charge on any atom is -0.0627 e. The Morgan fingerprint density at radius 1 is 1.09 bits per heavy atom. The highest BCUT2D eigenvalue weighted by Gasteiger charge is 2.39. The average molecular weight is 148 g/mol. The average Bonchev–Trinajstić information content (AvgIpc) is 2.10. The van der Waals surface area contributed by atoms with E-state index in [0.29, 0.717) is 0 Å². The standard InChI is InChI=1S/C11H16/c1-6-5-10-8(3)7(2)9(4)11(6)10/h6,11H,5H2,1-4H3. The van der Waals surface area contributed by atoms with Gasteiger partial charge < -0.3 is 0 Å². The van der Waals surface area contributed by atoms with Crippen molar-refractivity contribution in [3.8, 4) is 0 Å². The molecule has 2 atom stereocenters. The van der Waals surface area contributed by atoms with Crippen LogP contribution in [0.1, 0.15) is 34.1 Å². The van der Waals surface area contributed by atoms with E-state index in [-0.39, 0.29) is 0 Å². The second kappa shape index (κ2) is 2.00. The summed E-state index contributed by atoms with van der Waals surface area (Å²) in [5.41, 5.74) is 6.52. The summed E-state index contributed by atoms with van der Waals surface area (Å²) in [6.45, 7) is 9.21. The topological polar surface area (TPSA) is 0 Å². The van der Waals surface area contributed by atoms with Crippen molar-refractivity contribution in [3.05, 3.63) is 22.3 Å². The maximum Gasteiger partial charge on any atom is 0.00446 e. The zero-order valence-electron chi connectivity index (χ0n) is 7.86. The number of hydrogen-bond acceptors (Lipinski definition) is 0. The molecule has 0 saturated heterocycles. The van der Waals surface area contributed by atoms with Gasteiger partial charge in [-0.1, -0.05) is 18.1 Å². The number of fused-ring (bicyclic) bond motifs is 1. The smallest absolute Gasteiger partial charge is 0.00446 e. The molecule has 0 aliphatic heterocycles. The molecule has 0 aromatic rings. The summed E-state index contributed by atoms with van der Waals surface area (Å²) in [6, 6.07) is 0. The second-order valence-corrected chi connectivity index (χ2v) is 4.12. The summed E-state index contributed by atoms with van der Waals surface area (Å²) in [5, 5.41) is 0. The molecule has 0 heterocycles. The Morgan fingerprint density at radius 2 is 1.73 bits per heavy atom. The van der Waals surface area contributed by atoms with Crippen LogP contribution in [0.3, 0.4) is 0 Å². The molecule has 2 rings (SSSR count). The monoisotopic (exact) mass is 148 g/mol. The van der Waals surface area contributed by atoms with E-state index in [0.717, 1.165) is 11.8 Å². The third-order valence-electron chi connectivity index (χ3n) is 3.59. The third-order valence-corrected chi connectivity index (χ3v) is 3.59. The SMILES string of the molecule is CC1=C(C)C2C(=C1C)CC2C. The summed E-state index contributed by atoms with van der Waals surface area (Å²) in [6.07, 6.45) is 1.35. The Hall–Kier alpha value is -0.520. The summed E-state index contributed by atoms with van der Waals surface area (Å²) in [7, 11) is 0. The Morgan fingerprint density at radius 3 is 2.09 bits per heavy atom. The fourth-order valence-electron chi connectivity index (χ4n) is 2.62. The van der Waals surface area contributed by atoms with E-state index >= 15 is 0 Å². The van der Waals surface area contributed by atoms with Gasteiger partial charge in [0.05, 0.1) is 0 Å². The maximum absolute atomic E-state index is 2.36. The van der Waals surface area contributed by atoms with E-state index in [1.54, 1.807) is 22.3 Å². The third kappa shape index (κ3) is 0.702. The molecule has 2 unspecified atom stereocenters. The first kappa shape index (κ1) is 7.15. The first-order valence-electron chi connectivity index (χ1n) is 4.50. The molecule has 0 heteroatoms. The molecule has 1 fully saturated rings. The molecular weight excluding hydrogens is 132 g/mol. The lowest BCUT2D eigenvalue weighted by atomic mass is 9.69. The molecule has 1 saturated carbocycles. The number of rotatable bonds is 0. The first-order valence-corrected chi connectivity index (χ1v) is 4.50. The Balaban J connectivity index is 2.42. The van der Waals surface area contributed by atoms with E-state index in [9.17, 15) is 0 Å². The van der Waals surface area contributed by atoms with Crippen molar-refractivity contribution in [1.82, 2.24) is 0 Å². The molecule has 0 N–H and O–H groups in total. The lowest BCUT2D eigenvalue weighted by Crippen LogP contribution is -2.25. The van der Waals surface area contributed by atoms with E-state index in [4.69, 9.17) is 0 Å². The molecule has 0 radical (unpaired) electrons. The van der Waals surface area contributed by atoms with Crippen LogP contribution in [-0.4, -0.2) is 0 Å². The Kier molecular flexibility index (Phi) is 1.30. The highest BCUT2D eigenvalue weighted by Crippen LogP contribution is 2.52. The largest absolute Gasteiger partial charge is 0.0627 e. The zero-order chi connectivity index (χ0) is 8.17. The van der Waals surface area contributed by atoms with Gasteiger partial charge in [0.25, 0.3) is 0 Å². The van der Waals surface area contributed by atoms with Crippen LogP contribution >= 0.6 is 0 Å². The van der Waals surface area contributed by atoms with Gasteiger partial charge >= 0.3 is 0 Å². The van der Waals surface area contributed by atoms with E-state index in [1.165, 1.54) is 6.42 Å². The first-order chi connectivity index (χ1) is 5.13. The van der Waals surface area contributed by atoms with Crippen molar-refractivity contribution in [3.63, 3.8) is 0 Å². The fourth-order valence-corrected chi connectivity index (χ4v) is 2.62. The van der Waals surface area contributed by atoms with E-state index < -0.39 is 0 Å². The summed E-state index contributed by atoms with van der Waals surface area (Å²) in [5.74, 6) is 1.76. The minimum absolute atomic E-state index is 0.843. The predicted octanol–water partition coefficient (Wildman–Crippen LogP) is 3.31. The van der Waals surface area contributed by atoms with Gasteiger partial charge in [-0.05, 0) is 44.3 Å². The van der Waals surface area contributed by atoms with Crippen LogP contribution in [0.15, 0.2) is 22.3 Å². The van der Waals surface area contributed by atoms with Gasteiger partial charge in [0.1, 0.15) is 0 Å². The van der Waals surface area contributed by atoms with Crippen LogP contribution in [0.4, 0.5) is 0 Å². The Bertz CT molecular complexity index is 248. The molecule has 11 heavy (non-hydrogen) atoms. The van der Waals surface area contributed by atoms with Gasteiger partial charge in [0, 0.05) is 5.92 Å². The van der Waals surface area contributed by atoms with Crippen molar-refractivity contribution in [2.45, 2.75) is 34.1 Å². The van der Waals surface area contributed by atoms with Crippen LogP contribution in [0.2, 0.25) is 0 Å². The zero-order valence-corrected chi connectivity index (χ0v) is 7.86. The van der Waals surface area contributed by atoms with Crippen molar-refractivity contribution < 1.29 is 0 Å². The van der Waals surface area contributed by atoms with Crippen molar-refractivity contribution >= 4 is 0 Å².